The largest absolute Gasteiger partial charge is 0.496 e. The molecule has 1 aromatic rings. The van der Waals surface area contributed by atoms with E-state index in [0.29, 0.717) is 36.2 Å². The lowest BCUT2D eigenvalue weighted by Crippen LogP contribution is -2.37. The van der Waals surface area contributed by atoms with E-state index in [-0.39, 0.29) is 30.3 Å². The number of methoxy groups -OCH3 is 1. The van der Waals surface area contributed by atoms with Gasteiger partial charge in [0, 0.05) is 35.2 Å². The Bertz CT molecular complexity index is 1020. The minimum Gasteiger partial charge on any atom is -0.496 e. The fourth-order valence-corrected chi connectivity index (χ4v) is 4.89. The predicted molar refractivity (Wildman–Crippen MR) is 119 cm³/mol. The van der Waals surface area contributed by atoms with Gasteiger partial charge in [0.05, 0.1) is 18.7 Å². The summed E-state index contributed by atoms with van der Waals surface area (Å²) in [7, 11) is 1.65. The number of hydroxylamine groups is 1. The Labute approximate surface area is 188 Å². The van der Waals surface area contributed by atoms with Crippen LogP contribution < -0.4 is 15.5 Å². The van der Waals surface area contributed by atoms with Crippen LogP contribution in [0.25, 0.3) is 0 Å². The second-order valence-electron chi connectivity index (χ2n) is 8.50. The lowest BCUT2D eigenvalue weighted by atomic mass is 9.73. The molecule has 0 saturated heterocycles. The number of carbonyl (C=O) groups is 2. The van der Waals surface area contributed by atoms with Crippen molar-refractivity contribution in [1.29, 1.82) is 0 Å². The monoisotopic (exact) mass is 438 g/mol. The number of nitrogens with one attached hydrogen (secondary N) is 2. The number of Topliss-reactive ketones (excluding diaryl/α,β-unsaturated/α-hetero) is 1. The Morgan fingerprint density at radius 2 is 2.03 bits per heavy atom. The molecule has 2 unspecified atom stereocenters. The SMILES string of the molecule is CCC1C(C(=O)OCC2=CC(C)NO2)=C(C)NC2=C1C(=O)C[C@H](c1ccccc1OC)C2. The first-order valence-corrected chi connectivity index (χ1v) is 11.1. The predicted octanol–water partition coefficient (Wildman–Crippen LogP) is 3.65. The summed E-state index contributed by atoms with van der Waals surface area (Å²) >= 11 is 0. The van der Waals surface area contributed by atoms with Crippen LogP contribution in [0, 0.1) is 5.92 Å². The number of hydrogen-bond donors (Lipinski definition) is 2. The van der Waals surface area contributed by atoms with Crippen LogP contribution in [-0.4, -0.2) is 31.5 Å². The molecular formula is C25H30N2O5. The van der Waals surface area contributed by atoms with E-state index in [2.05, 4.69) is 10.8 Å². The van der Waals surface area contributed by atoms with Gasteiger partial charge in [-0.3, -0.25) is 4.79 Å². The molecule has 0 spiro atoms. The van der Waals surface area contributed by atoms with Gasteiger partial charge >= 0.3 is 5.97 Å². The first-order valence-electron chi connectivity index (χ1n) is 11.1. The highest BCUT2D eigenvalue weighted by Gasteiger charge is 2.40. The van der Waals surface area contributed by atoms with Crippen molar-refractivity contribution in [3.8, 4) is 5.75 Å². The van der Waals surface area contributed by atoms with Gasteiger partial charge in [-0.2, -0.15) is 5.48 Å². The number of carbonyl (C=O) groups excluding carboxylic acids is 2. The number of ketones is 1. The summed E-state index contributed by atoms with van der Waals surface area (Å²) in [4.78, 5) is 31.6. The average Bonchev–Trinajstić information content (AvgIpc) is 3.21. The number of rotatable bonds is 6. The molecule has 2 aliphatic heterocycles. The van der Waals surface area contributed by atoms with Crippen LogP contribution in [0.15, 0.2) is 58.6 Å². The quantitative estimate of drug-likeness (QED) is 0.656. The summed E-state index contributed by atoms with van der Waals surface area (Å²) in [6.45, 7) is 5.87. The van der Waals surface area contributed by atoms with Crippen molar-refractivity contribution in [2.24, 2.45) is 5.92 Å². The fraction of sp³-hybridized carbons (Fsp3) is 0.440. The third kappa shape index (κ3) is 4.17. The van der Waals surface area contributed by atoms with Crippen molar-refractivity contribution in [3.63, 3.8) is 0 Å². The number of esters is 1. The molecule has 4 rings (SSSR count). The van der Waals surface area contributed by atoms with Gasteiger partial charge in [-0.15, -0.1) is 0 Å². The second kappa shape index (κ2) is 9.20. The Morgan fingerprint density at radius 1 is 1.25 bits per heavy atom. The van der Waals surface area contributed by atoms with E-state index < -0.39 is 5.97 Å². The zero-order valence-corrected chi connectivity index (χ0v) is 19.0. The van der Waals surface area contributed by atoms with Crippen LogP contribution in [0.3, 0.4) is 0 Å². The number of benzene rings is 1. The maximum absolute atomic E-state index is 13.3. The van der Waals surface area contributed by atoms with Gasteiger partial charge < -0.3 is 19.6 Å². The molecule has 0 amide bonds. The summed E-state index contributed by atoms with van der Waals surface area (Å²) in [6, 6.07) is 7.91. The summed E-state index contributed by atoms with van der Waals surface area (Å²) in [5.74, 6) is 0.775. The number of dihydropyridines is 1. The number of ether oxygens (including phenoxy) is 2. The van der Waals surface area contributed by atoms with E-state index in [0.717, 1.165) is 22.7 Å². The van der Waals surface area contributed by atoms with Gasteiger partial charge in [0.15, 0.2) is 18.1 Å². The minimum absolute atomic E-state index is 0.0321. The lowest BCUT2D eigenvalue weighted by molar-refractivity contribution is -0.139. The van der Waals surface area contributed by atoms with Crippen molar-refractivity contribution in [2.45, 2.75) is 52.0 Å². The first-order chi connectivity index (χ1) is 15.4. The molecule has 7 nitrogen and oxygen atoms in total. The minimum atomic E-state index is -0.419. The number of allylic oxidation sites excluding steroid dienone is 3. The zero-order valence-electron chi connectivity index (χ0n) is 19.0. The summed E-state index contributed by atoms with van der Waals surface area (Å²) in [5, 5.41) is 3.35. The Balaban J connectivity index is 1.56. The molecular weight excluding hydrogens is 408 g/mol. The number of para-hydroxylation sites is 1. The van der Waals surface area contributed by atoms with Crippen LogP contribution in [0.2, 0.25) is 0 Å². The van der Waals surface area contributed by atoms with Crippen molar-refractivity contribution >= 4 is 11.8 Å². The molecule has 3 atom stereocenters. The molecule has 7 heteroatoms. The summed E-state index contributed by atoms with van der Waals surface area (Å²) in [6.07, 6.45) is 3.60. The van der Waals surface area contributed by atoms with Gasteiger partial charge in [-0.05, 0) is 44.4 Å². The highest BCUT2D eigenvalue weighted by Crippen LogP contribution is 2.44. The van der Waals surface area contributed by atoms with Gasteiger partial charge in [0.1, 0.15) is 5.75 Å². The zero-order chi connectivity index (χ0) is 22.8. The Kier molecular flexibility index (Phi) is 6.37. The van der Waals surface area contributed by atoms with E-state index in [1.807, 2.05) is 51.1 Å². The van der Waals surface area contributed by atoms with Crippen molar-refractivity contribution in [2.75, 3.05) is 13.7 Å². The van der Waals surface area contributed by atoms with Crippen LogP contribution >= 0.6 is 0 Å². The van der Waals surface area contributed by atoms with Crippen LogP contribution in [-0.2, 0) is 19.2 Å². The molecule has 170 valence electrons. The average molecular weight is 439 g/mol. The van der Waals surface area contributed by atoms with E-state index >= 15 is 0 Å². The maximum atomic E-state index is 13.3. The topological polar surface area (TPSA) is 85.9 Å². The maximum Gasteiger partial charge on any atom is 0.336 e. The van der Waals surface area contributed by atoms with E-state index in [1.54, 1.807) is 7.11 Å². The standard InChI is InChI=1S/C25H30N2O5/c1-5-18-23(25(29)31-13-17-10-14(2)27-32-17)15(3)26-20-11-16(12-21(28)24(18)20)19-8-6-7-9-22(19)30-4/h6-10,14,16,18,26-27H,5,11-13H2,1-4H3/t14?,16-,18?/m1/s1. The van der Waals surface area contributed by atoms with Crippen LogP contribution in [0.1, 0.15) is 51.5 Å². The molecule has 0 bridgehead atoms. The third-order valence-corrected chi connectivity index (χ3v) is 6.31. The van der Waals surface area contributed by atoms with Gasteiger partial charge in [0.25, 0.3) is 0 Å². The first kappa shape index (κ1) is 22.1. The number of hydrogen-bond acceptors (Lipinski definition) is 7. The highest BCUT2D eigenvalue weighted by atomic mass is 16.7. The molecule has 2 N–H and O–H groups in total. The fourth-order valence-electron chi connectivity index (χ4n) is 4.89. The molecule has 0 radical (unpaired) electrons. The summed E-state index contributed by atoms with van der Waals surface area (Å²) < 4.78 is 11.1. The molecule has 2 heterocycles. The van der Waals surface area contributed by atoms with Gasteiger partial charge in [0.2, 0.25) is 0 Å². The van der Waals surface area contributed by atoms with E-state index in [9.17, 15) is 9.59 Å². The Hall–Kier alpha value is -3.06. The summed E-state index contributed by atoms with van der Waals surface area (Å²) in [5.41, 5.74) is 6.71. The molecule has 32 heavy (non-hydrogen) atoms. The van der Waals surface area contributed by atoms with Crippen molar-refractivity contribution in [1.82, 2.24) is 10.8 Å². The molecule has 0 aromatic heterocycles. The van der Waals surface area contributed by atoms with Crippen LogP contribution in [0.5, 0.6) is 5.75 Å². The molecule has 0 saturated carbocycles. The van der Waals surface area contributed by atoms with Crippen LogP contribution in [0.4, 0.5) is 0 Å². The van der Waals surface area contributed by atoms with Crippen molar-refractivity contribution < 1.29 is 23.9 Å². The molecule has 0 fully saturated rings. The lowest BCUT2D eigenvalue weighted by Gasteiger charge is -2.36. The van der Waals surface area contributed by atoms with Gasteiger partial charge in [-0.1, -0.05) is 25.1 Å². The van der Waals surface area contributed by atoms with Crippen molar-refractivity contribution in [3.05, 3.63) is 64.2 Å². The second-order valence-corrected chi connectivity index (χ2v) is 8.50. The molecule has 1 aliphatic carbocycles. The normalized spacial score (nSPS) is 25.1. The van der Waals surface area contributed by atoms with E-state index in [1.165, 1.54) is 0 Å². The highest BCUT2D eigenvalue weighted by molar-refractivity contribution is 6.02. The molecule has 3 aliphatic rings. The Morgan fingerprint density at radius 3 is 2.72 bits per heavy atom. The smallest absolute Gasteiger partial charge is 0.336 e. The van der Waals surface area contributed by atoms with E-state index in [4.69, 9.17) is 14.3 Å². The third-order valence-electron chi connectivity index (χ3n) is 6.31. The van der Waals surface area contributed by atoms with Gasteiger partial charge in [-0.25, -0.2) is 4.79 Å². The molecule has 1 aromatic carbocycles.